The topological polar surface area (TPSA) is 53.1 Å². The lowest BCUT2D eigenvalue weighted by atomic mass is 9.89. The van der Waals surface area contributed by atoms with Gasteiger partial charge in [-0.2, -0.15) is 5.26 Å². The Kier molecular flexibility index (Phi) is 4.21. The van der Waals surface area contributed by atoms with Crippen molar-refractivity contribution in [2.75, 3.05) is 5.32 Å². The van der Waals surface area contributed by atoms with E-state index in [0.29, 0.717) is 11.2 Å². The van der Waals surface area contributed by atoms with Crippen molar-refractivity contribution in [3.63, 3.8) is 0 Å². The van der Waals surface area contributed by atoms with Crippen molar-refractivity contribution in [1.29, 1.82) is 5.26 Å². The first-order valence-corrected chi connectivity index (χ1v) is 10.1. The molecule has 2 aromatic carbocycles. The number of nitriles is 1. The zero-order valence-corrected chi connectivity index (χ0v) is 16.5. The SMILES string of the molecule is CC(F)(F)c1ccc(Nc2c3c(c(C#N)c4nc5ccccc5n24)CCCC3)cc1. The molecule has 4 aromatic rings. The van der Waals surface area contributed by atoms with Crippen LogP contribution in [0.3, 0.4) is 0 Å². The Labute approximate surface area is 172 Å². The fraction of sp³-hybridized carbons (Fsp3) is 0.250. The van der Waals surface area contributed by atoms with E-state index in [9.17, 15) is 14.0 Å². The maximum atomic E-state index is 13.6. The highest BCUT2D eigenvalue weighted by atomic mass is 19.3. The van der Waals surface area contributed by atoms with Crippen LogP contribution in [0.15, 0.2) is 48.5 Å². The summed E-state index contributed by atoms with van der Waals surface area (Å²) in [5.74, 6) is -2.01. The zero-order valence-electron chi connectivity index (χ0n) is 16.5. The molecule has 5 rings (SSSR count). The van der Waals surface area contributed by atoms with Gasteiger partial charge in [-0.05, 0) is 61.1 Å². The molecular weight excluding hydrogens is 382 g/mol. The maximum Gasteiger partial charge on any atom is 0.270 e. The van der Waals surface area contributed by atoms with Crippen LogP contribution in [0, 0.1) is 11.3 Å². The van der Waals surface area contributed by atoms with Gasteiger partial charge in [-0.3, -0.25) is 4.40 Å². The number of nitrogens with zero attached hydrogens (tertiary/aromatic N) is 3. The number of anilines is 2. The molecule has 1 N–H and O–H groups in total. The molecule has 0 fully saturated rings. The van der Waals surface area contributed by atoms with Gasteiger partial charge < -0.3 is 5.32 Å². The normalized spacial score (nSPS) is 13.9. The Hall–Kier alpha value is -3.46. The van der Waals surface area contributed by atoms with Crippen molar-refractivity contribution in [2.45, 2.75) is 38.5 Å². The lowest BCUT2D eigenvalue weighted by molar-refractivity contribution is 0.0175. The van der Waals surface area contributed by atoms with E-state index in [4.69, 9.17) is 4.98 Å². The first kappa shape index (κ1) is 18.6. The lowest BCUT2D eigenvalue weighted by Gasteiger charge is -2.23. The molecule has 30 heavy (non-hydrogen) atoms. The highest BCUT2D eigenvalue weighted by Gasteiger charge is 2.26. The van der Waals surface area contributed by atoms with Crippen molar-refractivity contribution < 1.29 is 8.78 Å². The molecule has 6 heteroatoms. The number of pyridine rings is 1. The predicted octanol–water partition coefficient (Wildman–Crippen LogP) is 6.09. The second-order valence-electron chi connectivity index (χ2n) is 7.85. The summed E-state index contributed by atoms with van der Waals surface area (Å²) >= 11 is 0. The Balaban J connectivity index is 1.75. The molecule has 2 heterocycles. The number of imidazole rings is 1. The van der Waals surface area contributed by atoms with Crippen LogP contribution in [0.2, 0.25) is 0 Å². The van der Waals surface area contributed by atoms with E-state index in [1.807, 2.05) is 28.7 Å². The van der Waals surface area contributed by atoms with Crippen molar-refractivity contribution in [1.82, 2.24) is 9.38 Å². The molecule has 0 bridgehead atoms. The van der Waals surface area contributed by atoms with E-state index in [2.05, 4.69) is 11.4 Å². The first-order chi connectivity index (χ1) is 14.5. The van der Waals surface area contributed by atoms with E-state index in [1.54, 1.807) is 12.1 Å². The highest BCUT2D eigenvalue weighted by Crippen LogP contribution is 2.37. The third kappa shape index (κ3) is 2.89. The van der Waals surface area contributed by atoms with Crippen LogP contribution in [0.1, 0.15) is 42.0 Å². The van der Waals surface area contributed by atoms with Crippen molar-refractivity contribution in [3.8, 4) is 6.07 Å². The third-order valence-electron chi connectivity index (χ3n) is 5.83. The number of halogens is 2. The van der Waals surface area contributed by atoms with Crippen LogP contribution in [-0.4, -0.2) is 9.38 Å². The molecule has 0 saturated carbocycles. The number of rotatable bonds is 3. The summed E-state index contributed by atoms with van der Waals surface area (Å²) in [5.41, 5.74) is 5.86. The molecule has 4 nitrogen and oxygen atoms in total. The van der Waals surface area contributed by atoms with E-state index in [0.717, 1.165) is 66.3 Å². The minimum atomic E-state index is -2.88. The lowest BCUT2D eigenvalue weighted by Crippen LogP contribution is -2.13. The Morgan fingerprint density at radius 1 is 1.03 bits per heavy atom. The summed E-state index contributed by atoms with van der Waals surface area (Å²) in [6.45, 7) is 0.896. The van der Waals surface area contributed by atoms with Gasteiger partial charge >= 0.3 is 0 Å². The van der Waals surface area contributed by atoms with E-state index in [-0.39, 0.29) is 5.56 Å². The van der Waals surface area contributed by atoms with E-state index < -0.39 is 5.92 Å². The Bertz CT molecular complexity index is 1310. The molecule has 150 valence electrons. The summed E-state index contributed by atoms with van der Waals surface area (Å²) in [5, 5.41) is 13.4. The first-order valence-electron chi connectivity index (χ1n) is 10.1. The van der Waals surface area contributed by atoms with Crippen molar-refractivity contribution in [3.05, 3.63) is 70.8 Å². The summed E-state index contributed by atoms with van der Waals surface area (Å²) in [6, 6.07) is 16.4. The molecule has 2 aromatic heterocycles. The standard InChI is InChI=1S/C24H20F2N4/c1-24(25,26)15-10-12-16(13-11-15)28-22-18-7-3-2-6-17(18)19(14-27)23-29-20-8-4-5-9-21(20)30(22)23/h4-5,8-13,28H,2-3,6-7H2,1H3. The van der Waals surface area contributed by atoms with Crippen molar-refractivity contribution in [2.24, 2.45) is 0 Å². The number of para-hydroxylation sites is 2. The van der Waals surface area contributed by atoms with E-state index in [1.165, 1.54) is 12.1 Å². The molecule has 0 aliphatic heterocycles. The fourth-order valence-electron chi connectivity index (χ4n) is 4.36. The number of nitrogens with one attached hydrogen (secondary N) is 1. The molecule has 1 aliphatic rings. The minimum absolute atomic E-state index is 0.0202. The number of benzene rings is 2. The number of fused-ring (bicyclic) bond motifs is 4. The summed E-state index contributed by atoms with van der Waals surface area (Å²) in [4.78, 5) is 4.74. The average Bonchev–Trinajstić information content (AvgIpc) is 3.13. The quantitative estimate of drug-likeness (QED) is 0.451. The van der Waals surface area contributed by atoms with Gasteiger partial charge in [0.05, 0.1) is 16.6 Å². The minimum Gasteiger partial charge on any atom is -0.341 e. The van der Waals surface area contributed by atoms with Crippen LogP contribution in [0.25, 0.3) is 16.7 Å². The summed E-state index contributed by atoms with van der Waals surface area (Å²) < 4.78 is 29.2. The Morgan fingerprint density at radius 3 is 2.43 bits per heavy atom. The molecule has 0 amide bonds. The molecule has 0 spiro atoms. The molecule has 0 saturated heterocycles. The Morgan fingerprint density at radius 2 is 1.73 bits per heavy atom. The smallest absolute Gasteiger partial charge is 0.270 e. The van der Waals surface area contributed by atoms with Crippen LogP contribution in [-0.2, 0) is 18.8 Å². The fourth-order valence-corrected chi connectivity index (χ4v) is 4.36. The number of hydrogen-bond acceptors (Lipinski definition) is 3. The van der Waals surface area contributed by atoms with Crippen LogP contribution in [0.5, 0.6) is 0 Å². The van der Waals surface area contributed by atoms with Gasteiger partial charge in [0, 0.05) is 18.2 Å². The van der Waals surface area contributed by atoms with Gasteiger partial charge in [0.25, 0.3) is 5.92 Å². The van der Waals surface area contributed by atoms with Gasteiger partial charge in [0.1, 0.15) is 11.9 Å². The van der Waals surface area contributed by atoms with Gasteiger partial charge in [0.2, 0.25) is 0 Å². The second-order valence-corrected chi connectivity index (χ2v) is 7.85. The molecule has 0 radical (unpaired) electrons. The maximum absolute atomic E-state index is 13.6. The molecule has 1 aliphatic carbocycles. The summed E-state index contributed by atoms with van der Waals surface area (Å²) in [7, 11) is 0. The summed E-state index contributed by atoms with van der Waals surface area (Å²) in [6.07, 6.45) is 3.79. The number of hydrogen-bond donors (Lipinski definition) is 1. The van der Waals surface area contributed by atoms with Gasteiger partial charge in [-0.1, -0.05) is 24.3 Å². The highest BCUT2D eigenvalue weighted by molar-refractivity contribution is 5.87. The van der Waals surface area contributed by atoms with E-state index >= 15 is 0 Å². The largest absolute Gasteiger partial charge is 0.341 e. The molecular formula is C24H20F2N4. The van der Waals surface area contributed by atoms with Gasteiger partial charge in [-0.15, -0.1) is 0 Å². The zero-order chi connectivity index (χ0) is 20.9. The third-order valence-corrected chi connectivity index (χ3v) is 5.83. The molecule has 0 unspecified atom stereocenters. The van der Waals surface area contributed by atoms with Crippen LogP contribution < -0.4 is 5.32 Å². The van der Waals surface area contributed by atoms with Crippen LogP contribution >= 0.6 is 0 Å². The monoisotopic (exact) mass is 402 g/mol. The second kappa shape index (κ2) is 6.81. The number of alkyl halides is 2. The average molecular weight is 402 g/mol. The van der Waals surface area contributed by atoms with Gasteiger partial charge in [-0.25, -0.2) is 13.8 Å². The van der Waals surface area contributed by atoms with Crippen molar-refractivity contribution >= 4 is 28.2 Å². The predicted molar refractivity (Wildman–Crippen MR) is 113 cm³/mol. The molecule has 0 atom stereocenters. The van der Waals surface area contributed by atoms with Gasteiger partial charge in [0.15, 0.2) is 5.65 Å². The van der Waals surface area contributed by atoms with Crippen LogP contribution in [0.4, 0.5) is 20.3 Å². The number of aromatic nitrogens is 2.